The lowest BCUT2D eigenvalue weighted by Gasteiger charge is -2.08. The predicted molar refractivity (Wildman–Crippen MR) is 58.0 cm³/mol. The lowest BCUT2D eigenvalue weighted by Crippen LogP contribution is -2.07. The molecular weight excluding hydrogens is 333 g/mol. The van der Waals surface area contributed by atoms with Crippen LogP contribution in [0.25, 0.3) is 0 Å². The molecule has 0 atom stereocenters. The third-order valence-electron chi connectivity index (χ3n) is 1.79. The average Bonchev–Trinajstić information content (AvgIpc) is 2.19. The number of alkyl halides is 2. The maximum Gasteiger partial charge on any atom is 0.307 e. The number of hydrogen-bond donors (Lipinski definition) is 1. The van der Waals surface area contributed by atoms with E-state index in [1.165, 1.54) is 0 Å². The van der Waals surface area contributed by atoms with Gasteiger partial charge in [0.05, 0.1) is 12.0 Å². The van der Waals surface area contributed by atoms with Crippen LogP contribution in [-0.2, 0) is 11.2 Å². The molecule has 0 aliphatic rings. The van der Waals surface area contributed by atoms with Crippen LogP contribution in [0.3, 0.4) is 0 Å². The summed E-state index contributed by atoms with van der Waals surface area (Å²) >= 11 is 1.60. The van der Waals surface area contributed by atoms with Crippen molar-refractivity contribution >= 4 is 28.6 Å². The largest absolute Gasteiger partial charge is 0.481 e. The molecule has 0 aromatic carbocycles. The standard InChI is InChI=1S/C9H5F2IN2O2/c10-9(11)7-5(2-13)14-3-4(8(7)12)1-6(15)16/h3,9H,1H2,(H,15,16). The van der Waals surface area contributed by atoms with Crippen molar-refractivity contribution in [1.82, 2.24) is 4.98 Å². The molecule has 4 nitrogen and oxygen atoms in total. The molecule has 1 rings (SSSR count). The number of hydrogen-bond acceptors (Lipinski definition) is 3. The van der Waals surface area contributed by atoms with Gasteiger partial charge in [0.15, 0.2) is 0 Å². The highest BCUT2D eigenvalue weighted by molar-refractivity contribution is 14.1. The Hall–Kier alpha value is -1.30. The molecule has 0 aliphatic carbocycles. The van der Waals surface area contributed by atoms with Crippen molar-refractivity contribution in [3.05, 3.63) is 26.6 Å². The first-order valence-corrected chi connectivity index (χ1v) is 5.12. The Kier molecular flexibility index (Phi) is 4.12. The summed E-state index contributed by atoms with van der Waals surface area (Å²) in [6.07, 6.45) is -2.10. The maximum absolute atomic E-state index is 12.6. The van der Waals surface area contributed by atoms with Crippen LogP contribution in [0.4, 0.5) is 8.78 Å². The van der Waals surface area contributed by atoms with Gasteiger partial charge in [-0.3, -0.25) is 4.79 Å². The zero-order valence-electron chi connectivity index (χ0n) is 7.75. The zero-order valence-corrected chi connectivity index (χ0v) is 9.90. The molecule has 0 saturated heterocycles. The number of rotatable bonds is 3. The summed E-state index contributed by atoms with van der Waals surface area (Å²) in [5.41, 5.74) is -0.683. The van der Waals surface area contributed by atoms with Gasteiger partial charge in [-0.15, -0.1) is 0 Å². The molecule has 0 aliphatic heterocycles. The number of nitriles is 1. The van der Waals surface area contributed by atoms with Gasteiger partial charge >= 0.3 is 5.97 Å². The third-order valence-corrected chi connectivity index (χ3v) is 3.06. The van der Waals surface area contributed by atoms with E-state index in [0.717, 1.165) is 6.20 Å². The topological polar surface area (TPSA) is 74.0 Å². The highest BCUT2D eigenvalue weighted by atomic mass is 127. The van der Waals surface area contributed by atoms with Gasteiger partial charge < -0.3 is 5.11 Å². The zero-order chi connectivity index (χ0) is 12.3. The van der Waals surface area contributed by atoms with E-state index in [-0.39, 0.29) is 14.8 Å². The van der Waals surface area contributed by atoms with Crippen LogP contribution < -0.4 is 0 Å². The molecular formula is C9H5F2IN2O2. The molecule has 0 fully saturated rings. The summed E-state index contributed by atoms with van der Waals surface area (Å²) in [6, 6.07) is 1.55. The van der Waals surface area contributed by atoms with Crippen LogP contribution in [-0.4, -0.2) is 16.1 Å². The number of pyridine rings is 1. The van der Waals surface area contributed by atoms with E-state index >= 15 is 0 Å². The van der Waals surface area contributed by atoms with E-state index in [9.17, 15) is 13.6 Å². The van der Waals surface area contributed by atoms with E-state index < -0.39 is 24.4 Å². The molecule has 1 aromatic rings. The van der Waals surface area contributed by atoms with Crippen LogP contribution in [0.1, 0.15) is 23.2 Å². The number of carboxylic acids is 1. The third kappa shape index (κ3) is 2.63. The fourth-order valence-corrected chi connectivity index (χ4v) is 1.94. The van der Waals surface area contributed by atoms with Crippen LogP contribution in [0.5, 0.6) is 0 Å². The lowest BCUT2D eigenvalue weighted by atomic mass is 10.1. The molecule has 0 saturated carbocycles. The normalized spacial score (nSPS) is 10.2. The summed E-state index contributed by atoms with van der Waals surface area (Å²) in [5.74, 6) is -1.13. The van der Waals surface area contributed by atoms with Crippen molar-refractivity contribution in [1.29, 1.82) is 5.26 Å². The molecule has 7 heteroatoms. The summed E-state index contributed by atoms with van der Waals surface area (Å²) in [7, 11) is 0. The fraction of sp³-hybridized carbons (Fsp3) is 0.222. The van der Waals surface area contributed by atoms with Gasteiger partial charge in [-0.05, 0) is 28.2 Å². The van der Waals surface area contributed by atoms with Crippen LogP contribution >= 0.6 is 22.6 Å². The van der Waals surface area contributed by atoms with E-state index in [4.69, 9.17) is 10.4 Å². The summed E-state index contributed by atoms with van der Waals surface area (Å²) < 4.78 is 25.4. The molecule has 0 amide bonds. The van der Waals surface area contributed by atoms with Crippen LogP contribution in [0, 0.1) is 14.9 Å². The Morgan fingerprint density at radius 1 is 1.69 bits per heavy atom. The van der Waals surface area contributed by atoms with Gasteiger partial charge in [-0.2, -0.15) is 5.26 Å². The number of halogens is 3. The van der Waals surface area contributed by atoms with E-state index in [2.05, 4.69) is 4.98 Å². The molecule has 16 heavy (non-hydrogen) atoms. The molecule has 0 spiro atoms. The molecule has 0 unspecified atom stereocenters. The fourth-order valence-electron chi connectivity index (χ4n) is 1.12. The minimum absolute atomic E-state index is 0.0848. The molecule has 1 aromatic heterocycles. The van der Waals surface area contributed by atoms with Crippen LogP contribution in [0.15, 0.2) is 6.20 Å². The number of aromatic nitrogens is 1. The Bertz CT molecular complexity index is 471. The Labute approximate surface area is 103 Å². The molecule has 84 valence electrons. The molecule has 1 heterocycles. The number of carboxylic acid groups (broad SMARTS) is 1. The monoisotopic (exact) mass is 338 g/mol. The number of carbonyl (C=O) groups is 1. The van der Waals surface area contributed by atoms with Crippen molar-refractivity contribution in [2.24, 2.45) is 0 Å². The van der Waals surface area contributed by atoms with Crippen LogP contribution in [0.2, 0.25) is 0 Å². The Morgan fingerprint density at radius 2 is 2.31 bits per heavy atom. The van der Waals surface area contributed by atoms with Gasteiger partial charge in [-0.1, -0.05) is 0 Å². The minimum atomic E-state index is -2.84. The first kappa shape index (κ1) is 12.8. The highest BCUT2D eigenvalue weighted by Crippen LogP contribution is 2.29. The van der Waals surface area contributed by atoms with E-state index in [0.29, 0.717) is 0 Å². The number of nitrogens with zero attached hydrogens (tertiary/aromatic N) is 2. The Balaban J connectivity index is 3.33. The van der Waals surface area contributed by atoms with Crippen molar-refractivity contribution < 1.29 is 18.7 Å². The van der Waals surface area contributed by atoms with Crippen molar-refractivity contribution in [3.63, 3.8) is 0 Å². The second-order valence-electron chi connectivity index (χ2n) is 2.84. The first-order valence-electron chi connectivity index (χ1n) is 4.04. The smallest absolute Gasteiger partial charge is 0.307 e. The SMILES string of the molecule is N#Cc1ncc(CC(=O)O)c(I)c1C(F)F. The van der Waals surface area contributed by atoms with Crippen molar-refractivity contribution in [2.75, 3.05) is 0 Å². The molecule has 0 radical (unpaired) electrons. The highest BCUT2D eigenvalue weighted by Gasteiger charge is 2.21. The minimum Gasteiger partial charge on any atom is -0.481 e. The van der Waals surface area contributed by atoms with E-state index in [1.807, 2.05) is 0 Å². The van der Waals surface area contributed by atoms with Gasteiger partial charge in [-0.25, -0.2) is 13.8 Å². The summed E-state index contributed by atoms with van der Waals surface area (Å²) in [5, 5.41) is 17.2. The second-order valence-corrected chi connectivity index (χ2v) is 3.92. The molecule has 1 N–H and O–H groups in total. The van der Waals surface area contributed by atoms with Crippen molar-refractivity contribution in [3.8, 4) is 6.07 Å². The van der Waals surface area contributed by atoms with Gasteiger partial charge in [0.1, 0.15) is 11.8 Å². The van der Waals surface area contributed by atoms with Gasteiger partial charge in [0.2, 0.25) is 0 Å². The van der Waals surface area contributed by atoms with Gasteiger partial charge in [0, 0.05) is 9.77 Å². The molecule has 0 bridgehead atoms. The average molecular weight is 338 g/mol. The predicted octanol–water partition coefficient (Wildman–Crippen LogP) is 2.12. The van der Waals surface area contributed by atoms with Gasteiger partial charge in [0.25, 0.3) is 6.43 Å². The summed E-state index contributed by atoms with van der Waals surface area (Å²) in [4.78, 5) is 14.0. The second kappa shape index (κ2) is 5.16. The van der Waals surface area contributed by atoms with E-state index in [1.54, 1.807) is 28.7 Å². The van der Waals surface area contributed by atoms with Crippen molar-refractivity contribution in [2.45, 2.75) is 12.8 Å². The lowest BCUT2D eigenvalue weighted by molar-refractivity contribution is -0.136. The number of aliphatic carboxylic acids is 1. The summed E-state index contributed by atoms with van der Waals surface area (Å²) in [6.45, 7) is 0. The quantitative estimate of drug-likeness (QED) is 0.857. The Morgan fingerprint density at radius 3 is 2.75 bits per heavy atom. The maximum atomic E-state index is 12.6. The first-order chi connectivity index (χ1) is 7.47.